The number of rotatable bonds is 20. The molecule has 2 rings (SSSR count). The van der Waals surface area contributed by atoms with Gasteiger partial charge in [-0.3, -0.25) is 9.69 Å². The van der Waals surface area contributed by atoms with Gasteiger partial charge in [0.15, 0.2) is 11.5 Å². The molecule has 4 atom stereocenters. The number of hydrogen-bond acceptors (Lipinski definition) is 9. The van der Waals surface area contributed by atoms with Crippen molar-refractivity contribution in [1.82, 2.24) is 15.5 Å². The van der Waals surface area contributed by atoms with Crippen LogP contribution in [0.25, 0.3) is 0 Å². The monoisotopic (exact) mass is 693 g/mol. The number of nitrogens with zero attached hydrogens (tertiary/aromatic N) is 1. The summed E-state index contributed by atoms with van der Waals surface area (Å²) in [6.45, 7) is 22.6. The second-order valence-electron chi connectivity index (χ2n) is 15.7. The molecule has 282 valence electrons. The number of ether oxygens (including phenoxy) is 5. The van der Waals surface area contributed by atoms with Gasteiger partial charge in [-0.05, 0) is 89.3 Å². The Morgan fingerprint density at radius 2 is 1.63 bits per heavy atom. The largest absolute Gasteiger partial charge is 0.493 e. The number of nitrogens with one attached hydrogen (secondary N) is 2. The average Bonchev–Trinajstić information content (AvgIpc) is 3.03. The first-order valence-corrected chi connectivity index (χ1v) is 18.0. The Hall–Kier alpha value is -2.60. The SMILES string of the molecule is COCCCOc1cc(C[C@@H](C[C@H](NC(=O)OC(C)(C)C)[C@@H](O)C[C@H](C(=O)NCC(C)(C)N2CCOCC2)C(C)C)C(C)C)ccc1OC. The highest BCUT2D eigenvalue weighted by Gasteiger charge is 2.35. The van der Waals surface area contributed by atoms with Gasteiger partial charge in [0.05, 0.1) is 39.1 Å². The summed E-state index contributed by atoms with van der Waals surface area (Å²) in [6.07, 6.45) is 0.581. The lowest BCUT2D eigenvalue weighted by Crippen LogP contribution is -2.56. The average molecular weight is 694 g/mol. The number of carbonyl (C=O) groups excluding carboxylic acids is 2. The summed E-state index contributed by atoms with van der Waals surface area (Å²) in [5.74, 6) is 1.09. The third kappa shape index (κ3) is 15.0. The molecule has 0 bridgehead atoms. The molecule has 1 aliphatic rings. The molecule has 1 aromatic rings. The van der Waals surface area contributed by atoms with Gasteiger partial charge in [-0.2, -0.15) is 0 Å². The minimum Gasteiger partial charge on any atom is -0.493 e. The van der Waals surface area contributed by atoms with Crippen molar-refractivity contribution in [2.24, 2.45) is 23.7 Å². The van der Waals surface area contributed by atoms with E-state index in [2.05, 4.69) is 43.2 Å². The Morgan fingerprint density at radius 3 is 2.20 bits per heavy atom. The van der Waals surface area contributed by atoms with E-state index in [-0.39, 0.29) is 35.6 Å². The molecule has 0 radical (unpaired) electrons. The summed E-state index contributed by atoms with van der Waals surface area (Å²) in [6, 6.07) is 5.31. The fraction of sp³-hybridized carbons (Fsp3) is 0.789. The van der Waals surface area contributed by atoms with Crippen molar-refractivity contribution in [2.75, 3.05) is 60.3 Å². The van der Waals surface area contributed by atoms with Crippen LogP contribution in [0.2, 0.25) is 0 Å². The maximum absolute atomic E-state index is 13.6. The normalized spacial score (nSPS) is 16.9. The van der Waals surface area contributed by atoms with Gasteiger partial charge < -0.3 is 39.4 Å². The Morgan fingerprint density at radius 1 is 0.959 bits per heavy atom. The van der Waals surface area contributed by atoms with Crippen LogP contribution in [-0.4, -0.2) is 106 Å². The minimum absolute atomic E-state index is 0.0224. The highest BCUT2D eigenvalue weighted by atomic mass is 16.6. The maximum Gasteiger partial charge on any atom is 0.407 e. The number of amides is 2. The van der Waals surface area contributed by atoms with Gasteiger partial charge in [0.2, 0.25) is 5.91 Å². The lowest BCUT2D eigenvalue weighted by Gasteiger charge is -2.41. The standard InChI is InChI=1S/C38H67N3O8/c1-26(2)29(21-28-13-14-33(46-11)34(22-28)48-18-12-17-45-10)23-31(40-36(44)49-37(5,6)7)32(42)24-30(27(3)4)35(43)39-25-38(8,9)41-15-19-47-20-16-41/h13-14,22,26-27,29-32,42H,12,15-21,23-25H2,1-11H3,(H,39,43)(H,40,44)/t29-,30-,31-,32-/m0/s1. The first kappa shape index (κ1) is 42.6. The van der Waals surface area contributed by atoms with Crippen LogP contribution in [0.3, 0.4) is 0 Å². The highest BCUT2D eigenvalue weighted by Crippen LogP contribution is 2.32. The molecule has 1 saturated heterocycles. The molecular formula is C38H67N3O8. The zero-order valence-corrected chi connectivity index (χ0v) is 32.2. The molecule has 0 spiro atoms. The zero-order valence-electron chi connectivity index (χ0n) is 32.2. The second kappa shape index (κ2) is 20.3. The minimum atomic E-state index is -0.977. The Kier molecular flexibility index (Phi) is 17.6. The number of benzene rings is 1. The van der Waals surface area contributed by atoms with E-state index in [9.17, 15) is 14.7 Å². The third-order valence-corrected chi connectivity index (χ3v) is 9.34. The van der Waals surface area contributed by atoms with E-state index in [1.807, 2.05) is 52.8 Å². The molecule has 0 unspecified atom stereocenters. The van der Waals surface area contributed by atoms with E-state index in [4.69, 9.17) is 23.7 Å². The van der Waals surface area contributed by atoms with Crippen LogP contribution in [0.5, 0.6) is 11.5 Å². The molecule has 2 amide bonds. The van der Waals surface area contributed by atoms with Gasteiger partial charge in [0.25, 0.3) is 0 Å². The van der Waals surface area contributed by atoms with Crippen LogP contribution >= 0.6 is 0 Å². The van der Waals surface area contributed by atoms with Crippen LogP contribution in [-0.2, 0) is 25.4 Å². The first-order chi connectivity index (χ1) is 23.0. The van der Waals surface area contributed by atoms with Crippen molar-refractivity contribution >= 4 is 12.0 Å². The Balaban J connectivity index is 2.25. The molecule has 1 heterocycles. The van der Waals surface area contributed by atoms with Crippen LogP contribution < -0.4 is 20.1 Å². The summed E-state index contributed by atoms with van der Waals surface area (Å²) < 4.78 is 27.8. The molecule has 49 heavy (non-hydrogen) atoms. The molecule has 1 aromatic carbocycles. The number of aliphatic hydroxyl groups is 1. The lowest BCUT2D eigenvalue weighted by atomic mass is 9.80. The number of hydrogen-bond donors (Lipinski definition) is 3. The van der Waals surface area contributed by atoms with Gasteiger partial charge in [0, 0.05) is 51.2 Å². The van der Waals surface area contributed by atoms with E-state index < -0.39 is 29.8 Å². The number of methoxy groups -OCH3 is 2. The van der Waals surface area contributed by atoms with E-state index in [1.54, 1.807) is 14.2 Å². The van der Waals surface area contributed by atoms with Crippen LogP contribution in [0.4, 0.5) is 4.79 Å². The smallest absolute Gasteiger partial charge is 0.407 e. The number of morpholine rings is 1. The second-order valence-corrected chi connectivity index (χ2v) is 15.7. The lowest BCUT2D eigenvalue weighted by molar-refractivity contribution is -0.128. The molecule has 3 N–H and O–H groups in total. The van der Waals surface area contributed by atoms with Gasteiger partial charge in [0.1, 0.15) is 5.60 Å². The predicted molar refractivity (Wildman–Crippen MR) is 193 cm³/mol. The van der Waals surface area contributed by atoms with Gasteiger partial charge in [-0.1, -0.05) is 33.8 Å². The number of aliphatic hydroxyl groups excluding tert-OH is 1. The summed E-state index contributed by atoms with van der Waals surface area (Å²) in [7, 11) is 3.29. The first-order valence-electron chi connectivity index (χ1n) is 18.0. The molecule has 0 aromatic heterocycles. The summed E-state index contributed by atoms with van der Waals surface area (Å²) in [4.78, 5) is 29.1. The van der Waals surface area contributed by atoms with E-state index >= 15 is 0 Å². The summed E-state index contributed by atoms with van der Waals surface area (Å²) in [5.41, 5.74) is 0.128. The van der Waals surface area contributed by atoms with Crippen molar-refractivity contribution in [3.8, 4) is 11.5 Å². The van der Waals surface area contributed by atoms with Crippen LogP contribution in [0.15, 0.2) is 18.2 Å². The van der Waals surface area contributed by atoms with Crippen molar-refractivity contribution in [3.05, 3.63) is 23.8 Å². The summed E-state index contributed by atoms with van der Waals surface area (Å²) >= 11 is 0. The zero-order chi connectivity index (χ0) is 36.8. The summed E-state index contributed by atoms with van der Waals surface area (Å²) in [5, 5.41) is 17.9. The van der Waals surface area contributed by atoms with Crippen molar-refractivity contribution in [1.29, 1.82) is 0 Å². The Bertz CT molecular complexity index is 1130. The van der Waals surface area contributed by atoms with Crippen LogP contribution in [0, 0.1) is 23.7 Å². The maximum atomic E-state index is 13.6. The van der Waals surface area contributed by atoms with Gasteiger partial charge in [-0.15, -0.1) is 0 Å². The Labute approximate surface area is 296 Å². The fourth-order valence-electron chi connectivity index (χ4n) is 6.16. The van der Waals surface area contributed by atoms with Crippen molar-refractivity contribution in [3.63, 3.8) is 0 Å². The van der Waals surface area contributed by atoms with E-state index in [0.717, 1.165) is 25.1 Å². The van der Waals surface area contributed by atoms with Gasteiger partial charge >= 0.3 is 6.09 Å². The van der Waals surface area contributed by atoms with E-state index in [0.29, 0.717) is 57.3 Å². The highest BCUT2D eigenvalue weighted by molar-refractivity contribution is 5.79. The molecule has 1 fully saturated rings. The third-order valence-electron chi connectivity index (χ3n) is 9.34. The molecule has 0 saturated carbocycles. The molecule has 1 aliphatic heterocycles. The van der Waals surface area contributed by atoms with E-state index in [1.165, 1.54) is 0 Å². The van der Waals surface area contributed by atoms with Crippen molar-refractivity contribution in [2.45, 2.75) is 111 Å². The van der Waals surface area contributed by atoms with Crippen LogP contribution in [0.1, 0.15) is 87.1 Å². The molecule has 11 nitrogen and oxygen atoms in total. The molecule has 0 aliphatic carbocycles. The molecule has 11 heteroatoms. The number of carbonyl (C=O) groups is 2. The fourth-order valence-corrected chi connectivity index (χ4v) is 6.16. The number of alkyl carbamates (subject to hydrolysis) is 1. The topological polar surface area (TPSA) is 128 Å². The quantitative estimate of drug-likeness (QED) is 0.153. The van der Waals surface area contributed by atoms with Crippen molar-refractivity contribution < 1.29 is 38.4 Å². The van der Waals surface area contributed by atoms with Gasteiger partial charge in [-0.25, -0.2) is 4.79 Å². The predicted octanol–water partition coefficient (Wildman–Crippen LogP) is 5.46. The molecular weight excluding hydrogens is 626 g/mol.